The highest BCUT2D eigenvalue weighted by Gasteiger charge is 2.11. The number of carbonyl (C=O) groups is 2. The SMILES string of the molecule is CNC(=O)CNC(=O)n1cc(F)c(=O)[nH]c1=O. The molecule has 0 aliphatic carbocycles. The zero-order valence-corrected chi connectivity index (χ0v) is 8.74. The lowest BCUT2D eigenvalue weighted by atomic mass is 10.5. The van der Waals surface area contributed by atoms with E-state index in [2.05, 4.69) is 10.6 Å². The number of aromatic amines is 1. The molecule has 0 fully saturated rings. The number of amides is 2. The molecule has 3 N–H and O–H groups in total. The molecule has 92 valence electrons. The number of H-pyrrole nitrogens is 1. The molecule has 8 nitrogen and oxygen atoms in total. The van der Waals surface area contributed by atoms with Gasteiger partial charge >= 0.3 is 11.7 Å². The average Bonchev–Trinajstić information content (AvgIpc) is 2.30. The van der Waals surface area contributed by atoms with E-state index < -0.39 is 29.0 Å². The zero-order valence-electron chi connectivity index (χ0n) is 8.74. The minimum absolute atomic E-state index is 0.319. The summed E-state index contributed by atoms with van der Waals surface area (Å²) in [5.41, 5.74) is -2.31. The van der Waals surface area contributed by atoms with Crippen LogP contribution in [0.15, 0.2) is 15.8 Å². The molecule has 0 atom stereocenters. The second-order valence-electron chi connectivity index (χ2n) is 2.94. The molecule has 1 aromatic rings. The molecule has 17 heavy (non-hydrogen) atoms. The van der Waals surface area contributed by atoms with Gasteiger partial charge in [0.1, 0.15) is 0 Å². The molecule has 1 heterocycles. The fourth-order valence-electron chi connectivity index (χ4n) is 0.928. The first kappa shape index (κ1) is 12.6. The smallest absolute Gasteiger partial charge is 0.336 e. The minimum Gasteiger partial charge on any atom is -0.358 e. The molecule has 1 aromatic heterocycles. The molecule has 0 radical (unpaired) electrons. The molecule has 0 spiro atoms. The molecular weight excluding hydrogens is 235 g/mol. The number of halogens is 1. The highest BCUT2D eigenvalue weighted by molar-refractivity contribution is 5.84. The van der Waals surface area contributed by atoms with Gasteiger partial charge in [0.2, 0.25) is 11.7 Å². The molecule has 9 heteroatoms. The van der Waals surface area contributed by atoms with E-state index in [-0.39, 0.29) is 6.54 Å². The lowest BCUT2D eigenvalue weighted by molar-refractivity contribution is -0.119. The van der Waals surface area contributed by atoms with Crippen molar-refractivity contribution in [2.75, 3.05) is 13.6 Å². The van der Waals surface area contributed by atoms with Crippen molar-refractivity contribution in [1.82, 2.24) is 20.2 Å². The molecule has 0 saturated heterocycles. The van der Waals surface area contributed by atoms with Gasteiger partial charge in [0.25, 0.3) is 5.56 Å². The van der Waals surface area contributed by atoms with Crippen LogP contribution in [0.4, 0.5) is 9.18 Å². The quantitative estimate of drug-likeness (QED) is 0.557. The van der Waals surface area contributed by atoms with E-state index in [1.54, 1.807) is 4.98 Å². The second kappa shape index (κ2) is 5.05. The van der Waals surface area contributed by atoms with Crippen LogP contribution in [0, 0.1) is 5.82 Å². The van der Waals surface area contributed by atoms with Gasteiger partial charge in [-0.1, -0.05) is 0 Å². The van der Waals surface area contributed by atoms with E-state index in [9.17, 15) is 23.6 Å². The van der Waals surface area contributed by atoms with Crippen molar-refractivity contribution in [2.45, 2.75) is 0 Å². The third kappa shape index (κ3) is 3.00. The summed E-state index contributed by atoms with van der Waals surface area (Å²) in [5, 5.41) is 4.29. The summed E-state index contributed by atoms with van der Waals surface area (Å²) < 4.78 is 13.1. The van der Waals surface area contributed by atoms with E-state index in [0.29, 0.717) is 10.8 Å². The lowest BCUT2D eigenvalue weighted by Gasteiger charge is -2.05. The Morgan fingerprint density at radius 3 is 2.71 bits per heavy atom. The van der Waals surface area contributed by atoms with Crippen LogP contribution in [0.5, 0.6) is 0 Å². The molecule has 2 amide bonds. The van der Waals surface area contributed by atoms with Crippen LogP contribution in [0.25, 0.3) is 0 Å². The third-order valence-electron chi connectivity index (χ3n) is 1.80. The first-order chi connectivity index (χ1) is 7.95. The zero-order chi connectivity index (χ0) is 13.0. The minimum atomic E-state index is -1.28. The van der Waals surface area contributed by atoms with Gasteiger partial charge in [-0.05, 0) is 0 Å². The van der Waals surface area contributed by atoms with E-state index in [1.165, 1.54) is 7.05 Å². The number of hydrogen-bond donors (Lipinski definition) is 3. The summed E-state index contributed by atoms with van der Waals surface area (Å²) in [6, 6.07) is -1.02. The lowest BCUT2D eigenvalue weighted by Crippen LogP contribution is -2.43. The van der Waals surface area contributed by atoms with E-state index >= 15 is 0 Å². The predicted octanol–water partition coefficient (Wildman–Crippen LogP) is -2.02. The Morgan fingerprint density at radius 2 is 2.12 bits per heavy atom. The fourth-order valence-corrected chi connectivity index (χ4v) is 0.928. The van der Waals surface area contributed by atoms with Crippen molar-refractivity contribution < 1.29 is 14.0 Å². The van der Waals surface area contributed by atoms with Crippen LogP contribution < -0.4 is 21.9 Å². The summed E-state index contributed by atoms with van der Waals surface area (Å²) in [4.78, 5) is 45.6. The molecule has 0 saturated carbocycles. The molecule has 0 unspecified atom stereocenters. The fraction of sp³-hybridized carbons (Fsp3) is 0.250. The van der Waals surface area contributed by atoms with Crippen molar-refractivity contribution in [3.8, 4) is 0 Å². The first-order valence-corrected chi connectivity index (χ1v) is 4.46. The monoisotopic (exact) mass is 244 g/mol. The van der Waals surface area contributed by atoms with Crippen LogP contribution in [0.1, 0.15) is 0 Å². The molecule has 1 rings (SSSR count). The van der Waals surface area contributed by atoms with Crippen molar-refractivity contribution in [1.29, 1.82) is 0 Å². The Balaban J connectivity index is 2.90. The number of nitrogens with one attached hydrogen (secondary N) is 3. The second-order valence-corrected chi connectivity index (χ2v) is 2.94. The van der Waals surface area contributed by atoms with E-state index in [4.69, 9.17) is 0 Å². The number of likely N-dealkylation sites (N-methyl/N-ethyl adjacent to an activating group) is 1. The molecule has 0 bridgehead atoms. The third-order valence-corrected chi connectivity index (χ3v) is 1.80. The molecule has 0 aliphatic heterocycles. The number of aromatic nitrogens is 2. The molecular formula is C8H9FN4O4. The van der Waals surface area contributed by atoms with Crippen LogP contribution >= 0.6 is 0 Å². The van der Waals surface area contributed by atoms with Gasteiger partial charge < -0.3 is 10.6 Å². The normalized spacial score (nSPS) is 9.76. The Kier molecular flexibility index (Phi) is 3.75. The molecule has 0 aromatic carbocycles. The maximum absolute atomic E-state index is 12.8. The van der Waals surface area contributed by atoms with Gasteiger partial charge in [0.05, 0.1) is 12.7 Å². The first-order valence-electron chi connectivity index (χ1n) is 4.46. The Bertz CT molecular complexity index is 561. The number of nitrogens with zero attached hydrogens (tertiary/aromatic N) is 1. The highest BCUT2D eigenvalue weighted by atomic mass is 19.1. The van der Waals surface area contributed by atoms with Gasteiger partial charge in [-0.15, -0.1) is 0 Å². The maximum atomic E-state index is 12.8. The summed E-state index contributed by atoms with van der Waals surface area (Å²) in [5.74, 6) is -1.77. The van der Waals surface area contributed by atoms with Crippen LogP contribution in [0.3, 0.4) is 0 Å². The van der Waals surface area contributed by atoms with Crippen molar-refractivity contribution in [3.05, 3.63) is 32.9 Å². The molecule has 0 aliphatic rings. The van der Waals surface area contributed by atoms with Gasteiger partial charge in [-0.2, -0.15) is 4.39 Å². The van der Waals surface area contributed by atoms with Gasteiger partial charge in [0, 0.05) is 7.05 Å². The van der Waals surface area contributed by atoms with Crippen LogP contribution in [-0.4, -0.2) is 35.1 Å². The Morgan fingerprint density at radius 1 is 1.47 bits per heavy atom. The largest absolute Gasteiger partial charge is 0.358 e. The van der Waals surface area contributed by atoms with Crippen molar-refractivity contribution >= 4 is 11.9 Å². The number of hydrogen-bond acceptors (Lipinski definition) is 4. The summed E-state index contributed by atoms with van der Waals surface area (Å²) in [6.45, 7) is -0.373. The van der Waals surface area contributed by atoms with Crippen LogP contribution in [0.2, 0.25) is 0 Å². The Hall–Kier alpha value is -2.45. The van der Waals surface area contributed by atoms with Crippen molar-refractivity contribution in [2.24, 2.45) is 0 Å². The van der Waals surface area contributed by atoms with Crippen LogP contribution in [-0.2, 0) is 4.79 Å². The maximum Gasteiger partial charge on any atom is 0.336 e. The van der Waals surface area contributed by atoms with E-state index in [0.717, 1.165) is 0 Å². The predicted molar refractivity (Wildman–Crippen MR) is 54.1 cm³/mol. The summed E-state index contributed by atoms with van der Waals surface area (Å²) in [7, 11) is 1.36. The highest BCUT2D eigenvalue weighted by Crippen LogP contribution is 1.83. The summed E-state index contributed by atoms with van der Waals surface area (Å²) >= 11 is 0. The van der Waals surface area contributed by atoms with E-state index in [1.807, 2.05) is 0 Å². The average molecular weight is 244 g/mol. The van der Waals surface area contributed by atoms with Gasteiger partial charge in [-0.3, -0.25) is 14.6 Å². The Labute approximate surface area is 93.5 Å². The van der Waals surface area contributed by atoms with Crippen molar-refractivity contribution in [3.63, 3.8) is 0 Å². The summed E-state index contributed by atoms with van der Waals surface area (Å²) in [6.07, 6.45) is 0.445. The topological polar surface area (TPSA) is 113 Å². The number of carbonyl (C=O) groups excluding carboxylic acids is 2. The standard InChI is InChI=1S/C8H9FN4O4/c1-10-5(14)2-11-7(16)13-3-4(9)6(15)12-8(13)17/h3H,2H2,1H3,(H,10,14)(H,11,16)(H,12,15,17). The van der Waals surface area contributed by atoms with Gasteiger partial charge in [-0.25, -0.2) is 14.2 Å². The number of rotatable bonds is 2. The van der Waals surface area contributed by atoms with Gasteiger partial charge in [0.15, 0.2) is 0 Å².